The van der Waals surface area contributed by atoms with E-state index in [9.17, 15) is 14.4 Å². The van der Waals surface area contributed by atoms with Gasteiger partial charge in [-0.05, 0) is 44.0 Å². The maximum absolute atomic E-state index is 13.4. The third-order valence-electron chi connectivity index (χ3n) is 6.07. The second kappa shape index (κ2) is 10.8. The van der Waals surface area contributed by atoms with Crippen molar-refractivity contribution in [2.45, 2.75) is 50.3 Å². The van der Waals surface area contributed by atoms with Crippen LogP contribution in [0.4, 0.5) is 0 Å². The van der Waals surface area contributed by atoms with Gasteiger partial charge in [0.15, 0.2) is 5.78 Å². The average Bonchev–Trinajstić information content (AvgIpc) is 3.43. The van der Waals surface area contributed by atoms with E-state index in [-0.39, 0.29) is 30.3 Å². The Balaban J connectivity index is 1.78. The number of ketones is 1. The van der Waals surface area contributed by atoms with E-state index in [1.807, 2.05) is 63.2 Å². The smallest absolute Gasteiger partial charge is 0.253 e. The van der Waals surface area contributed by atoms with Crippen LogP contribution in [-0.2, 0) is 19.7 Å². The fourth-order valence-corrected chi connectivity index (χ4v) is 4.08. The standard InChI is InChI=1S/C25H34N4O4/c1-25(2,18-8-6-5-7-9-18)14-19(27-23(31)17-10-12-26-15-17)24(32)28-22-20(30)16-33-21(22)11-13-29(3)4/h5-10,12,15,19,21-22,26H,11,13-14,16H2,1-4H3,(H,27,31)(H,28,32)/t19-,21?,22?/m0/s1. The van der Waals surface area contributed by atoms with E-state index in [4.69, 9.17) is 4.74 Å². The molecule has 1 aromatic heterocycles. The lowest BCUT2D eigenvalue weighted by atomic mass is 9.78. The Morgan fingerprint density at radius 2 is 1.94 bits per heavy atom. The summed E-state index contributed by atoms with van der Waals surface area (Å²) in [6.45, 7) is 4.79. The molecule has 3 N–H and O–H groups in total. The summed E-state index contributed by atoms with van der Waals surface area (Å²) in [5.74, 6) is -0.884. The second-order valence-electron chi connectivity index (χ2n) is 9.47. The molecule has 2 heterocycles. The first-order chi connectivity index (χ1) is 15.7. The molecule has 0 radical (unpaired) electrons. The minimum Gasteiger partial charge on any atom is -0.368 e. The lowest BCUT2D eigenvalue weighted by Gasteiger charge is -2.31. The van der Waals surface area contributed by atoms with Crippen molar-refractivity contribution in [2.75, 3.05) is 27.2 Å². The van der Waals surface area contributed by atoms with Gasteiger partial charge in [0.05, 0.1) is 11.7 Å². The first-order valence-corrected chi connectivity index (χ1v) is 11.3. The molecule has 0 spiro atoms. The topological polar surface area (TPSA) is 104 Å². The highest BCUT2D eigenvalue weighted by molar-refractivity contribution is 5.98. The number of hydrogen-bond acceptors (Lipinski definition) is 5. The van der Waals surface area contributed by atoms with Crippen molar-refractivity contribution in [1.82, 2.24) is 20.5 Å². The van der Waals surface area contributed by atoms with Crippen LogP contribution in [0.15, 0.2) is 48.8 Å². The number of nitrogens with zero attached hydrogens (tertiary/aromatic N) is 1. The van der Waals surface area contributed by atoms with Crippen LogP contribution in [0.5, 0.6) is 0 Å². The van der Waals surface area contributed by atoms with E-state index < -0.39 is 17.5 Å². The Kier molecular flexibility index (Phi) is 8.05. The number of amides is 2. The first kappa shape index (κ1) is 24.7. The van der Waals surface area contributed by atoms with Crippen LogP contribution >= 0.6 is 0 Å². The number of H-pyrrole nitrogens is 1. The Hall–Kier alpha value is -2.97. The Bertz CT molecular complexity index is 941. The lowest BCUT2D eigenvalue weighted by Crippen LogP contribution is -2.54. The van der Waals surface area contributed by atoms with Gasteiger partial charge in [-0.25, -0.2) is 0 Å². The number of rotatable bonds is 10. The van der Waals surface area contributed by atoms with E-state index in [2.05, 4.69) is 15.6 Å². The largest absolute Gasteiger partial charge is 0.368 e. The molecular weight excluding hydrogens is 420 g/mol. The van der Waals surface area contributed by atoms with Crippen LogP contribution in [0.2, 0.25) is 0 Å². The van der Waals surface area contributed by atoms with Crippen molar-refractivity contribution in [1.29, 1.82) is 0 Å². The average molecular weight is 455 g/mol. The predicted molar refractivity (Wildman–Crippen MR) is 126 cm³/mol. The van der Waals surface area contributed by atoms with Crippen LogP contribution in [0.1, 0.15) is 42.6 Å². The highest BCUT2D eigenvalue weighted by atomic mass is 16.5. The molecule has 0 aliphatic carbocycles. The van der Waals surface area contributed by atoms with E-state index in [0.29, 0.717) is 18.4 Å². The summed E-state index contributed by atoms with van der Waals surface area (Å²) >= 11 is 0. The van der Waals surface area contributed by atoms with E-state index in [1.54, 1.807) is 18.5 Å². The number of carbonyl (C=O) groups excluding carboxylic acids is 3. The summed E-state index contributed by atoms with van der Waals surface area (Å²) in [6, 6.07) is 9.97. The number of nitrogens with one attached hydrogen (secondary N) is 3. The summed E-state index contributed by atoms with van der Waals surface area (Å²) in [6.07, 6.45) is 3.84. The molecule has 33 heavy (non-hydrogen) atoms. The second-order valence-corrected chi connectivity index (χ2v) is 9.47. The van der Waals surface area contributed by atoms with Gasteiger partial charge in [-0.3, -0.25) is 14.4 Å². The Morgan fingerprint density at radius 3 is 2.58 bits per heavy atom. The molecule has 1 aromatic carbocycles. The quantitative estimate of drug-likeness (QED) is 0.509. The van der Waals surface area contributed by atoms with Crippen molar-refractivity contribution in [3.05, 3.63) is 59.9 Å². The van der Waals surface area contributed by atoms with E-state index >= 15 is 0 Å². The number of aromatic amines is 1. The molecule has 1 aliphatic heterocycles. The van der Waals surface area contributed by atoms with Crippen LogP contribution in [0.3, 0.4) is 0 Å². The number of ether oxygens (including phenoxy) is 1. The molecule has 1 saturated heterocycles. The van der Waals surface area contributed by atoms with Crippen molar-refractivity contribution in [3.8, 4) is 0 Å². The summed E-state index contributed by atoms with van der Waals surface area (Å²) in [7, 11) is 3.89. The molecule has 8 heteroatoms. The molecule has 1 fully saturated rings. The molecule has 0 saturated carbocycles. The number of aromatic nitrogens is 1. The van der Waals surface area contributed by atoms with E-state index in [1.165, 1.54) is 0 Å². The third-order valence-corrected chi connectivity index (χ3v) is 6.07. The fraction of sp³-hybridized carbons (Fsp3) is 0.480. The molecule has 3 atom stereocenters. The van der Waals surface area contributed by atoms with Crippen molar-refractivity contribution < 1.29 is 19.1 Å². The van der Waals surface area contributed by atoms with Gasteiger partial charge in [0, 0.05) is 18.9 Å². The summed E-state index contributed by atoms with van der Waals surface area (Å²) in [4.78, 5) is 43.5. The van der Waals surface area contributed by atoms with Crippen LogP contribution in [0.25, 0.3) is 0 Å². The predicted octanol–water partition coefficient (Wildman–Crippen LogP) is 1.89. The molecule has 3 rings (SSSR count). The molecular formula is C25H34N4O4. The zero-order chi connectivity index (χ0) is 24.0. The lowest BCUT2D eigenvalue weighted by molar-refractivity contribution is -0.128. The summed E-state index contributed by atoms with van der Waals surface area (Å²) in [5.41, 5.74) is 1.10. The molecule has 1 aliphatic rings. The number of hydrogen-bond donors (Lipinski definition) is 3. The highest BCUT2D eigenvalue weighted by Crippen LogP contribution is 2.28. The van der Waals surface area contributed by atoms with Crippen LogP contribution < -0.4 is 10.6 Å². The van der Waals surface area contributed by atoms with Crippen molar-refractivity contribution in [3.63, 3.8) is 0 Å². The molecule has 2 unspecified atom stereocenters. The van der Waals surface area contributed by atoms with Crippen molar-refractivity contribution >= 4 is 17.6 Å². The van der Waals surface area contributed by atoms with Gasteiger partial charge in [-0.2, -0.15) is 0 Å². The minimum atomic E-state index is -0.828. The third kappa shape index (κ3) is 6.52. The fourth-order valence-electron chi connectivity index (χ4n) is 4.08. The van der Waals surface area contributed by atoms with Gasteiger partial charge >= 0.3 is 0 Å². The van der Waals surface area contributed by atoms with Crippen LogP contribution in [0, 0.1) is 0 Å². The number of carbonyl (C=O) groups is 3. The van der Waals surface area contributed by atoms with Gasteiger partial charge in [0.25, 0.3) is 5.91 Å². The van der Waals surface area contributed by atoms with Crippen molar-refractivity contribution in [2.24, 2.45) is 0 Å². The first-order valence-electron chi connectivity index (χ1n) is 11.3. The summed E-state index contributed by atoms with van der Waals surface area (Å²) < 4.78 is 5.64. The summed E-state index contributed by atoms with van der Waals surface area (Å²) in [5, 5.41) is 5.74. The minimum absolute atomic E-state index is 0.0150. The Morgan fingerprint density at radius 1 is 1.21 bits per heavy atom. The number of Topliss-reactive ketones (excluding diaryl/α,β-unsaturated/α-hetero) is 1. The van der Waals surface area contributed by atoms with Gasteiger partial charge in [-0.15, -0.1) is 0 Å². The molecule has 178 valence electrons. The normalized spacial score (nSPS) is 19.5. The molecule has 0 bridgehead atoms. The van der Waals surface area contributed by atoms with Gasteiger partial charge in [0.1, 0.15) is 18.7 Å². The number of benzene rings is 1. The van der Waals surface area contributed by atoms with E-state index in [0.717, 1.165) is 12.1 Å². The SMILES string of the molecule is CN(C)CCC1OCC(=O)C1NC(=O)[C@H](CC(C)(C)c1ccccc1)NC(=O)c1cc[nH]c1. The molecule has 8 nitrogen and oxygen atoms in total. The highest BCUT2D eigenvalue weighted by Gasteiger charge is 2.39. The van der Waals surface area contributed by atoms with Gasteiger partial charge in [-0.1, -0.05) is 44.2 Å². The van der Waals surface area contributed by atoms with Gasteiger partial charge in [0.2, 0.25) is 5.91 Å². The zero-order valence-electron chi connectivity index (χ0n) is 19.8. The molecule has 2 amide bonds. The monoisotopic (exact) mass is 454 g/mol. The zero-order valence-corrected chi connectivity index (χ0v) is 19.8. The maximum atomic E-state index is 13.4. The Labute approximate surface area is 195 Å². The van der Waals surface area contributed by atoms with Crippen LogP contribution in [-0.4, -0.2) is 72.9 Å². The molecule has 2 aromatic rings. The van der Waals surface area contributed by atoms with Gasteiger partial charge < -0.3 is 25.3 Å². The maximum Gasteiger partial charge on any atom is 0.253 e.